The molecule has 0 amide bonds. The van der Waals surface area contributed by atoms with Crippen LogP contribution >= 0.6 is 0 Å². The lowest BCUT2D eigenvalue weighted by Gasteiger charge is -2.35. The van der Waals surface area contributed by atoms with Gasteiger partial charge in [-0.05, 0) is 42.2 Å². The molecule has 1 aliphatic carbocycles. The highest BCUT2D eigenvalue weighted by atomic mass is 32.2. The van der Waals surface area contributed by atoms with E-state index in [1.165, 1.54) is 16.4 Å². The lowest BCUT2D eigenvalue weighted by Crippen LogP contribution is -2.49. The molecule has 12 heteroatoms. The SMILES string of the molecule is O=C(O)C1Cc2cccc(S(=O)(=O)N3CCN(c4ccc(OC(F)(F)F)cn4)CC3)c2C1. The Labute approximate surface area is 182 Å². The van der Waals surface area contributed by atoms with Gasteiger partial charge in [-0.2, -0.15) is 4.31 Å². The first-order valence-electron chi connectivity index (χ1n) is 9.85. The molecular weight excluding hydrogens is 451 g/mol. The number of halogens is 3. The van der Waals surface area contributed by atoms with Gasteiger partial charge in [0.15, 0.2) is 0 Å². The first kappa shape index (κ1) is 22.3. The summed E-state index contributed by atoms with van der Waals surface area (Å²) < 4.78 is 68.5. The Morgan fingerprint density at radius 2 is 1.81 bits per heavy atom. The minimum atomic E-state index is -4.80. The van der Waals surface area contributed by atoms with Crippen LogP contribution in [-0.4, -0.2) is 61.3 Å². The number of nitrogens with zero attached hydrogens (tertiary/aromatic N) is 3. The minimum absolute atomic E-state index is 0.138. The largest absolute Gasteiger partial charge is 0.573 e. The molecule has 1 fully saturated rings. The Morgan fingerprint density at radius 1 is 1.09 bits per heavy atom. The third-order valence-corrected chi connectivity index (χ3v) is 7.61. The second-order valence-corrected chi connectivity index (χ2v) is 9.53. The van der Waals surface area contributed by atoms with Crippen molar-refractivity contribution in [2.24, 2.45) is 5.92 Å². The van der Waals surface area contributed by atoms with E-state index in [2.05, 4.69) is 9.72 Å². The molecule has 1 N–H and O–H groups in total. The summed E-state index contributed by atoms with van der Waals surface area (Å²) in [5.74, 6) is -1.59. The number of sulfonamides is 1. The predicted octanol–water partition coefficient (Wildman–Crippen LogP) is 2.29. The lowest BCUT2D eigenvalue weighted by atomic mass is 10.1. The summed E-state index contributed by atoms with van der Waals surface area (Å²) in [6, 6.07) is 7.44. The van der Waals surface area contributed by atoms with Crippen molar-refractivity contribution >= 4 is 21.8 Å². The molecular formula is C20H20F3N3O5S. The maximum atomic E-state index is 13.3. The maximum Gasteiger partial charge on any atom is 0.573 e. The zero-order chi connectivity index (χ0) is 23.1. The van der Waals surface area contributed by atoms with E-state index in [0.717, 1.165) is 17.8 Å². The molecule has 1 aromatic heterocycles. The quantitative estimate of drug-likeness (QED) is 0.714. The van der Waals surface area contributed by atoms with E-state index in [9.17, 15) is 31.5 Å². The van der Waals surface area contributed by atoms with Crippen LogP contribution in [0.1, 0.15) is 11.1 Å². The van der Waals surface area contributed by atoms with Crippen LogP contribution in [0.4, 0.5) is 19.0 Å². The molecule has 0 saturated carbocycles. The molecule has 0 spiro atoms. The molecule has 0 bridgehead atoms. The first-order valence-corrected chi connectivity index (χ1v) is 11.3. The molecule has 4 rings (SSSR count). The molecule has 1 aliphatic heterocycles. The molecule has 2 aliphatic rings. The van der Waals surface area contributed by atoms with Gasteiger partial charge in [-0.1, -0.05) is 12.1 Å². The van der Waals surface area contributed by atoms with Crippen molar-refractivity contribution in [3.05, 3.63) is 47.7 Å². The number of anilines is 1. The molecule has 32 heavy (non-hydrogen) atoms. The van der Waals surface area contributed by atoms with Crippen molar-refractivity contribution in [2.75, 3.05) is 31.1 Å². The van der Waals surface area contributed by atoms with Crippen molar-refractivity contribution in [2.45, 2.75) is 24.1 Å². The molecule has 1 atom stereocenters. The number of pyridine rings is 1. The number of piperazine rings is 1. The molecule has 8 nitrogen and oxygen atoms in total. The van der Waals surface area contributed by atoms with Gasteiger partial charge in [0.2, 0.25) is 10.0 Å². The van der Waals surface area contributed by atoms with Gasteiger partial charge in [0.25, 0.3) is 0 Å². The van der Waals surface area contributed by atoms with Gasteiger partial charge in [0, 0.05) is 26.2 Å². The Morgan fingerprint density at radius 3 is 2.41 bits per heavy atom. The van der Waals surface area contributed by atoms with E-state index >= 15 is 0 Å². The van der Waals surface area contributed by atoms with E-state index in [-0.39, 0.29) is 24.4 Å². The highest BCUT2D eigenvalue weighted by Crippen LogP contribution is 2.34. The summed E-state index contributed by atoms with van der Waals surface area (Å²) in [7, 11) is -3.82. The van der Waals surface area contributed by atoms with Gasteiger partial charge in [-0.25, -0.2) is 13.4 Å². The number of ether oxygens (including phenoxy) is 1. The molecule has 2 aromatic rings. The van der Waals surface area contributed by atoms with Gasteiger partial charge in [-0.15, -0.1) is 13.2 Å². The van der Waals surface area contributed by atoms with Crippen molar-refractivity contribution in [1.29, 1.82) is 0 Å². The molecule has 1 aromatic carbocycles. The number of aromatic nitrogens is 1. The van der Waals surface area contributed by atoms with E-state index in [0.29, 0.717) is 30.9 Å². The summed E-state index contributed by atoms with van der Waals surface area (Å²) in [6.07, 6.45) is -3.35. The predicted molar refractivity (Wildman–Crippen MR) is 107 cm³/mol. The number of hydrogen-bond acceptors (Lipinski definition) is 6. The van der Waals surface area contributed by atoms with Crippen LogP contribution in [0, 0.1) is 5.92 Å². The van der Waals surface area contributed by atoms with Crippen molar-refractivity contribution in [3.8, 4) is 5.75 Å². The second-order valence-electron chi connectivity index (χ2n) is 7.63. The Balaban J connectivity index is 1.45. The zero-order valence-corrected chi connectivity index (χ0v) is 17.6. The topological polar surface area (TPSA) is 100 Å². The highest BCUT2D eigenvalue weighted by Gasteiger charge is 2.36. The number of rotatable bonds is 5. The van der Waals surface area contributed by atoms with E-state index in [4.69, 9.17) is 0 Å². The summed E-state index contributed by atoms with van der Waals surface area (Å²) in [5.41, 5.74) is 1.30. The summed E-state index contributed by atoms with van der Waals surface area (Å²) >= 11 is 0. The fourth-order valence-corrected chi connectivity index (χ4v) is 5.78. The monoisotopic (exact) mass is 471 g/mol. The maximum absolute atomic E-state index is 13.3. The van der Waals surface area contributed by atoms with E-state index < -0.39 is 34.0 Å². The number of aliphatic carboxylic acids is 1. The second kappa shape index (κ2) is 8.24. The Kier molecular flexibility index (Phi) is 5.76. The molecule has 0 radical (unpaired) electrons. The minimum Gasteiger partial charge on any atom is -0.481 e. The average Bonchev–Trinajstić information content (AvgIpc) is 3.18. The number of carbonyl (C=O) groups is 1. The summed E-state index contributed by atoms with van der Waals surface area (Å²) in [4.78, 5) is 17.3. The van der Waals surface area contributed by atoms with Crippen LogP contribution in [0.2, 0.25) is 0 Å². The first-order chi connectivity index (χ1) is 15.0. The highest BCUT2D eigenvalue weighted by molar-refractivity contribution is 7.89. The van der Waals surface area contributed by atoms with Crippen molar-refractivity contribution in [1.82, 2.24) is 9.29 Å². The smallest absolute Gasteiger partial charge is 0.481 e. The van der Waals surface area contributed by atoms with Gasteiger partial charge < -0.3 is 14.7 Å². The average molecular weight is 471 g/mol. The molecule has 2 heterocycles. The lowest BCUT2D eigenvalue weighted by molar-refractivity contribution is -0.274. The van der Waals surface area contributed by atoms with Crippen molar-refractivity contribution in [3.63, 3.8) is 0 Å². The summed E-state index contributed by atoms with van der Waals surface area (Å²) in [6.45, 7) is 0.935. The molecule has 172 valence electrons. The number of fused-ring (bicyclic) bond motifs is 1. The fraction of sp³-hybridized carbons (Fsp3) is 0.400. The van der Waals surface area contributed by atoms with Crippen LogP contribution in [0.25, 0.3) is 0 Å². The summed E-state index contributed by atoms with van der Waals surface area (Å²) in [5, 5.41) is 9.30. The number of hydrogen-bond donors (Lipinski definition) is 1. The van der Waals surface area contributed by atoms with Crippen LogP contribution < -0.4 is 9.64 Å². The molecule has 1 saturated heterocycles. The molecule has 1 unspecified atom stereocenters. The van der Waals surface area contributed by atoms with Crippen LogP contribution in [0.5, 0.6) is 5.75 Å². The van der Waals surface area contributed by atoms with E-state index in [1.807, 2.05) is 0 Å². The normalized spacial score (nSPS) is 19.6. The van der Waals surface area contributed by atoms with Gasteiger partial charge in [0.05, 0.1) is 17.0 Å². The van der Waals surface area contributed by atoms with Gasteiger partial charge >= 0.3 is 12.3 Å². The third-order valence-electron chi connectivity index (χ3n) is 5.63. The standard InChI is InChI=1S/C20H20F3N3O5S/c21-20(22,23)31-15-4-5-18(24-12-15)25-6-8-26(9-7-25)32(29,30)17-3-1-2-13-10-14(19(27)28)11-16(13)17/h1-5,12,14H,6-11H2,(H,27,28). The Bertz CT molecular complexity index is 1110. The fourth-order valence-electron chi connectivity index (χ4n) is 4.08. The van der Waals surface area contributed by atoms with Crippen LogP contribution in [0.15, 0.2) is 41.4 Å². The number of carboxylic acid groups (broad SMARTS) is 1. The number of benzene rings is 1. The Hall–Kier alpha value is -2.86. The van der Waals surface area contributed by atoms with Gasteiger partial charge in [0.1, 0.15) is 11.6 Å². The zero-order valence-electron chi connectivity index (χ0n) is 16.7. The van der Waals surface area contributed by atoms with Crippen LogP contribution in [0.3, 0.4) is 0 Å². The van der Waals surface area contributed by atoms with Crippen LogP contribution in [-0.2, 0) is 27.7 Å². The van der Waals surface area contributed by atoms with Gasteiger partial charge in [-0.3, -0.25) is 4.79 Å². The number of carboxylic acids is 1. The third kappa shape index (κ3) is 4.51. The van der Waals surface area contributed by atoms with Crippen molar-refractivity contribution < 1.29 is 36.2 Å². The van der Waals surface area contributed by atoms with E-state index in [1.54, 1.807) is 17.0 Å². The number of alkyl halides is 3.